The monoisotopic (exact) mass is 270 g/mol. The van der Waals surface area contributed by atoms with Crippen LogP contribution in [-0.2, 0) is 6.42 Å². The summed E-state index contributed by atoms with van der Waals surface area (Å²) in [4.78, 5) is 0. The average molecular weight is 270 g/mol. The Bertz CT molecular complexity index is 587. The first-order valence-corrected chi connectivity index (χ1v) is 7.50. The summed E-state index contributed by atoms with van der Waals surface area (Å²) >= 11 is 0. The van der Waals surface area contributed by atoms with Gasteiger partial charge >= 0.3 is 0 Å². The van der Waals surface area contributed by atoms with Gasteiger partial charge in [-0.1, -0.05) is 37.1 Å². The van der Waals surface area contributed by atoms with Gasteiger partial charge in [0, 0.05) is 0 Å². The van der Waals surface area contributed by atoms with Gasteiger partial charge in [0.15, 0.2) is 0 Å². The molecule has 2 heteroatoms. The van der Waals surface area contributed by atoms with Crippen LogP contribution in [0.2, 0.25) is 0 Å². The maximum absolute atomic E-state index is 10.2. The number of aliphatic hydroxyl groups excluding tert-OH is 1. The van der Waals surface area contributed by atoms with Crippen LogP contribution in [-0.4, -0.2) is 18.3 Å². The minimum atomic E-state index is -0.229. The third kappa shape index (κ3) is 3.13. The van der Waals surface area contributed by atoms with Crippen molar-refractivity contribution in [3.05, 3.63) is 42.0 Å². The molecule has 106 valence electrons. The number of benzene rings is 2. The fraction of sp³-hybridized carbons (Fsp3) is 0.444. The predicted octanol–water partition coefficient (Wildman–Crippen LogP) is 3.94. The molecule has 2 aromatic carbocycles. The lowest BCUT2D eigenvalue weighted by Crippen LogP contribution is -2.10. The maximum atomic E-state index is 10.2. The predicted molar refractivity (Wildman–Crippen MR) is 82.2 cm³/mol. The quantitative estimate of drug-likeness (QED) is 0.861. The maximum Gasteiger partial charge on any atom is 0.119 e. The highest BCUT2D eigenvalue weighted by Gasteiger charge is 2.22. The van der Waals surface area contributed by atoms with Crippen LogP contribution in [0, 0.1) is 5.92 Å². The summed E-state index contributed by atoms with van der Waals surface area (Å²) in [6, 6.07) is 12.4. The summed E-state index contributed by atoms with van der Waals surface area (Å²) in [5.74, 6) is 1.76. The molecular formula is C18H22O2. The normalized spacial score (nSPS) is 16.3. The highest BCUT2D eigenvalue weighted by molar-refractivity contribution is 5.87. The van der Waals surface area contributed by atoms with E-state index >= 15 is 0 Å². The van der Waals surface area contributed by atoms with E-state index in [0.717, 1.165) is 24.5 Å². The van der Waals surface area contributed by atoms with Crippen molar-refractivity contribution in [1.29, 1.82) is 0 Å². The number of rotatable bonds is 6. The van der Waals surface area contributed by atoms with Crippen LogP contribution >= 0.6 is 0 Å². The van der Waals surface area contributed by atoms with Gasteiger partial charge in [-0.25, -0.2) is 0 Å². The summed E-state index contributed by atoms with van der Waals surface area (Å²) in [6.45, 7) is 0. The number of hydrogen-bond acceptors (Lipinski definition) is 2. The molecule has 1 saturated carbocycles. The molecule has 3 rings (SSSR count). The summed E-state index contributed by atoms with van der Waals surface area (Å²) in [6.07, 6.45) is 5.32. The Morgan fingerprint density at radius 2 is 2.10 bits per heavy atom. The van der Waals surface area contributed by atoms with Gasteiger partial charge in [0.2, 0.25) is 0 Å². The van der Waals surface area contributed by atoms with Crippen LogP contribution in [0.4, 0.5) is 0 Å². The van der Waals surface area contributed by atoms with E-state index in [1.807, 2.05) is 6.07 Å². The van der Waals surface area contributed by atoms with Crippen LogP contribution in [0.15, 0.2) is 36.4 Å². The van der Waals surface area contributed by atoms with E-state index in [-0.39, 0.29) is 6.10 Å². The molecule has 1 N–H and O–H groups in total. The third-order valence-electron chi connectivity index (χ3n) is 4.24. The second-order valence-corrected chi connectivity index (χ2v) is 5.88. The zero-order valence-electron chi connectivity index (χ0n) is 12.0. The van der Waals surface area contributed by atoms with Crippen molar-refractivity contribution in [2.75, 3.05) is 7.11 Å². The van der Waals surface area contributed by atoms with E-state index in [9.17, 15) is 5.11 Å². The van der Waals surface area contributed by atoms with E-state index in [1.54, 1.807) is 7.11 Å². The Kier molecular flexibility index (Phi) is 3.93. The van der Waals surface area contributed by atoms with Crippen molar-refractivity contribution in [1.82, 2.24) is 0 Å². The summed E-state index contributed by atoms with van der Waals surface area (Å²) in [5, 5.41) is 12.6. The molecule has 0 aromatic heterocycles. The molecule has 0 spiro atoms. The molecule has 20 heavy (non-hydrogen) atoms. The van der Waals surface area contributed by atoms with E-state index in [4.69, 9.17) is 4.74 Å². The fourth-order valence-corrected chi connectivity index (χ4v) is 2.81. The van der Waals surface area contributed by atoms with E-state index < -0.39 is 0 Å². The average Bonchev–Trinajstić information content (AvgIpc) is 3.29. The molecule has 2 nitrogen and oxygen atoms in total. The first-order chi connectivity index (χ1) is 9.76. The molecule has 1 atom stereocenters. The molecule has 0 radical (unpaired) electrons. The standard InChI is InChI=1S/C18H22O2/c1-20-17-10-8-14-3-2-4-15(18(14)12-17)11-16(19)9-7-13-5-6-13/h2-4,8,10,12-13,16,19H,5-7,9,11H2,1H3. The molecule has 1 aliphatic rings. The number of ether oxygens (including phenoxy) is 1. The topological polar surface area (TPSA) is 29.5 Å². The number of fused-ring (bicyclic) bond motifs is 1. The summed E-state index contributed by atoms with van der Waals surface area (Å²) in [5.41, 5.74) is 1.21. The Morgan fingerprint density at radius 1 is 1.25 bits per heavy atom. The molecule has 0 heterocycles. The molecule has 0 aliphatic heterocycles. The van der Waals surface area contributed by atoms with Gasteiger partial charge in [0.1, 0.15) is 5.75 Å². The van der Waals surface area contributed by atoms with E-state index in [1.165, 1.54) is 35.6 Å². The summed E-state index contributed by atoms with van der Waals surface area (Å²) in [7, 11) is 1.69. The van der Waals surface area contributed by atoms with Crippen LogP contribution in [0.1, 0.15) is 31.2 Å². The van der Waals surface area contributed by atoms with Crippen LogP contribution in [0.25, 0.3) is 10.8 Å². The van der Waals surface area contributed by atoms with Crippen LogP contribution < -0.4 is 4.74 Å². The Balaban J connectivity index is 1.78. The Hall–Kier alpha value is -1.54. The van der Waals surface area contributed by atoms with Gasteiger partial charge in [0.05, 0.1) is 13.2 Å². The van der Waals surface area contributed by atoms with E-state index in [2.05, 4.69) is 30.3 Å². The molecule has 1 unspecified atom stereocenters. The van der Waals surface area contributed by atoms with Gasteiger partial charge in [-0.2, -0.15) is 0 Å². The first-order valence-electron chi connectivity index (χ1n) is 7.50. The number of methoxy groups -OCH3 is 1. The van der Waals surface area contributed by atoms with Crippen molar-refractivity contribution >= 4 is 10.8 Å². The molecule has 1 fully saturated rings. The smallest absolute Gasteiger partial charge is 0.119 e. The minimum Gasteiger partial charge on any atom is -0.497 e. The lowest BCUT2D eigenvalue weighted by molar-refractivity contribution is 0.160. The van der Waals surface area contributed by atoms with Gasteiger partial charge in [-0.15, -0.1) is 0 Å². The van der Waals surface area contributed by atoms with Gasteiger partial charge < -0.3 is 9.84 Å². The van der Waals surface area contributed by atoms with Crippen molar-refractivity contribution in [2.24, 2.45) is 5.92 Å². The lowest BCUT2D eigenvalue weighted by Gasteiger charge is -2.13. The van der Waals surface area contributed by atoms with Crippen molar-refractivity contribution in [2.45, 2.75) is 38.2 Å². The Labute approximate surface area is 120 Å². The molecule has 1 aliphatic carbocycles. The fourth-order valence-electron chi connectivity index (χ4n) is 2.81. The SMILES string of the molecule is COc1ccc2cccc(CC(O)CCC3CC3)c2c1. The molecule has 2 aromatic rings. The number of aliphatic hydroxyl groups is 1. The second kappa shape index (κ2) is 5.84. The minimum absolute atomic E-state index is 0.229. The lowest BCUT2D eigenvalue weighted by atomic mass is 9.97. The van der Waals surface area contributed by atoms with Crippen molar-refractivity contribution in [3.63, 3.8) is 0 Å². The highest BCUT2D eigenvalue weighted by atomic mass is 16.5. The zero-order valence-corrected chi connectivity index (χ0v) is 12.0. The van der Waals surface area contributed by atoms with Gasteiger partial charge in [-0.05, 0) is 53.6 Å². The Morgan fingerprint density at radius 3 is 2.85 bits per heavy atom. The van der Waals surface area contributed by atoms with Crippen LogP contribution in [0.3, 0.4) is 0 Å². The van der Waals surface area contributed by atoms with Gasteiger partial charge in [0.25, 0.3) is 0 Å². The summed E-state index contributed by atoms with van der Waals surface area (Å²) < 4.78 is 5.31. The van der Waals surface area contributed by atoms with Gasteiger partial charge in [-0.3, -0.25) is 0 Å². The number of hydrogen-bond donors (Lipinski definition) is 1. The largest absolute Gasteiger partial charge is 0.497 e. The van der Waals surface area contributed by atoms with Crippen molar-refractivity contribution in [3.8, 4) is 5.75 Å². The molecular weight excluding hydrogens is 248 g/mol. The molecule has 0 saturated heterocycles. The molecule has 0 bridgehead atoms. The highest BCUT2D eigenvalue weighted by Crippen LogP contribution is 2.34. The second-order valence-electron chi connectivity index (χ2n) is 5.88. The third-order valence-corrected chi connectivity index (χ3v) is 4.24. The zero-order chi connectivity index (χ0) is 13.9. The van der Waals surface area contributed by atoms with E-state index in [0.29, 0.717) is 0 Å². The molecule has 0 amide bonds. The van der Waals surface area contributed by atoms with Crippen LogP contribution in [0.5, 0.6) is 5.75 Å². The first kappa shape index (κ1) is 13.4. The van der Waals surface area contributed by atoms with Crippen molar-refractivity contribution < 1.29 is 9.84 Å².